The predicted octanol–water partition coefficient (Wildman–Crippen LogP) is 2.52. The van der Waals surface area contributed by atoms with E-state index in [0.717, 1.165) is 5.56 Å². The van der Waals surface area contributed by atoms with E-state index in [1.165, 1.54) is 0 Å². The van der Waals surface area contributed by atoms with Gasteiger partial charge in [-0.3, -0.25) is 4.79 Å². The summed E-state index contributed by atoms with van der Waals surface area (Å²) in [5.41, 5.74) is 1.69. The molecule has 0 unspecified atom stereocenters. The average molecular weight is 216 g/mol. The Morgan fingerprint density at radius 2 is 2.31 bits per heavy atom. The number of hydrogen-bond acceptors (Lipinski definition) is 2. The van der Waals surface area contributed by atoms with Crippen molar-refractivity contribution < 1.29 is 4.79 Å². The Hall–Kier alpha value is -0.670. The third kappa shape index (κ3) is 2.94. The lowest BCUT2D eigenvalue weighted by Crippen LogP contribution is -2.12. The molecule has 0 saturated carbocycles. The summed E-state index contributed by atoms with van der Waals surface area (Å²) < 4.78 is 0. The number of anilines is 1. The number of thiol groups is 1. The van der Waals surface area contributed by atoms with Crippen LogP contribution in [0.5, 0.6) is 0 Å². The fourth-order valence-corrected chi connectivity index (χ4v) is 1.27. The van der Waals surface area contributed by atoms with Crippen LogP contribution in [0, 0.1) is 6.92 Å². The van der Waals surface area contributed by atoms with Crippen molar-refractivity contribution in [3.8, 4) is 0 Å². The Kier molecular flexibility index (Phi) is 3.63. The van der Waals surface area contributed by atoms with E-state index in [0.29, 0.717) is 10.7 Å². The summed E-state index contributed by atoms with van der Waals surface area (Å²) in [6, 6.07) is 5.47. The van der Waals surface area contributed by atoms with Crippen molar-refractivity contribution in [1.29, 1.82) is 0 Å². The Morgan fingerprint density at radius 1 is 1.62 bits per heavy atom. The van der Waals surface area contributed by atoms with Crippen LogP contribution >= 0.6 is 24.2 Å². The van der Waals surface area contributed by atoms with E-state index < -0.39 is 0 Å². The van der Waals surface area contributed by atoms with Gasteiger partial charge in [-0.2, -0.15) is 12.6 Å². The zero-order valence-electron chi connectivity index (χ0n) is 7.17. The molecule has 1 aromatic carbocycles. The predicted molar refractivity (Wildman–Crippen MR) is 58.7 cm³/mol. The van der Waals surface area contributed by atoms with Crippen LogP contribution in [0.4, 0.5) is 5.69 Å². The minimum Gasteiger partial charge on any atom is -0.324 e. The van der Waals surface area contributed by atoms with E-state index in [1.807, 2.05) is 13.0 Å². The molecule has 0 saturated heterocycles. The van der Waals surface area contributed by atoms with Crippen LogP contribution in [0.15, 0.2) is 18.2 Å². The third-order valence-corrected chi connectivity index (χ3v) is 2.14. The summed E-state index contributed by atoms with van der Waals surface area (Å²) in [5, 5.41) is 3.19. The first-order valence-electron chi connectivity index (χ1n) is 3.80. The molecule has 4 heteroatoms. The van der Waals surface area contributed by atoms with Crippen LogP contribution < -0.4 is 5.32 Å². The lowest BCUT2D eigenvalue weighted by Gasteiger charge is -2.05. The first-order chi connectivity index (χ1) is 6.13. The van der Waals surface area contributed by atoms with Gasteiger partial charge >= 0.3 is 0 Å². The van der Waals surface area contributed by atoms with Gasteiger partial charge in [-0.05, 0) is 24.6 Å². The van der Waals surface area contributed by atoms with Gasteiger partial charge in [0, 0.05) is 0 Å². The first kappa shape index (κ1) is 10.4. The number of amides is 1. The highest BCUT2D eigenvalue weighted by Crippen LogP contribution is 2.22. The van der Waals surface area contributed by atoms with Crippen molar-refractivity contribution in [3.05, 3.63) is 28.8 Å². The van der Waals surface area contributed by atoms with Gasteiger partial charge in [0.05, 0.1) is 16.5 Å². The topological polar surface area (TPSA) is 29.1 Å². The number of nitrogens with one attached hydrogen (secondary N) is 1. The van der Waals surface area contributed by atoms with Crippen molar-refractivity contribution in [2.75, 3.05) is 11.1 Å². The smallest absolute Gasteiger partial charge is 0.234 e. The van der Waals surface area contributed by atoms with Crippen LogP contribution in [0.3, 0.4) is 0 Å². The summed E-state index contributed by atoms with van der Waals surface area (Å²) in [5.74, 6) is -0.00130. The van der Waals surface area contributed by atoms with E-state index in [-0.39, 0.29) is 11.7 Å². The van der Waals surface area contributed by atoms with E-state index in [4.69, 9.17) is 11.6 Å². The molecule has 0 fully saturated rings. The maximum atomic E-state index is 11.0. The van der Waals surface area contributed by atoms with Crippen LogP contribution in [0.25, 0.3) is 0 Å². The summed E-state index contributed by atoms with van der Waals surface area (Å²) >= 11 is 9.74. The zero-order valence-corrected chi connectivity index (χ0v) is 8.82. The van der Waals surface area contributed by atoms with Crippen LogP contribution in [-0.2, 0) is 4.79 Å². The van der Waals surface area contributed by atoms with E-state index in [1.54, 1.807) is 12.1 Å². The second-order valence-corrected chi connectivity index (χ2v) is 3.41. The Balaban J connectivity index is 2.83. The monoisotopic (exact) mass is 215 g/mol. The van der Waals surface area contributed by atoms with Gasteiger partial charge in [0.1, 0.15) is 0 Å². The molecule has 0 bridgehead atoms. The normalized spacial score (nSPS) is 9.77. The van der Waals surface area contributed by atoms with Gasteiger partial charge < -0.3 is 5.32 Å². The average Bonchev–Trinajstić information content (AvgIpc) is 2.09. The van der Waals surface area contributed by atoms with Gasteiger partial charge in [-0.15, -0.1) is 0 Å². The number of halogens is 1. The standard InChI is InChI=1S/C9H10ClNOS/c1-6-2-3-8(7(10)4-6)11-9(12)5-13/h2-4,13H,5H2,1H3,(H,11,12). The molecule has 2 nitrogen and oxygen atoms in total. The fraction of sp³-hybridized carbons (Fsp3) is 0.222. The molecule has 0 aliphatic rings. The summed E-state index contributed by atoms with van der Waals surface area (Å²) in [6.45, 7) is 1.94. The Bertz CT molecular complexity index is 327. The van der Waals surface area contributed by atoms with E-state index in [2.05, 4.69) is 17.9 Å². The summed E-state index contributed by atoms with van der Waals surface area (Å²) in [4.78, 5) is 11.0. The van der Waals surface area contributed by atoms with Crippen LogP contribution in [0.2, 0.25) is 5.02 Å². The maximum absolute atomic E-state index is 11.0. The quantitative estimate of drug-likeness (QED) is 0.730. The molecule has 1 amide bonds. The van der Waals surface area contributed by atoms with Crippen molar-refractivity contribution in [1.82, 2.24) is 0 Å². The van der Waals surface area contributed by atoms with Crippen molar-refractivity contribution in [2.45, 2.75) is 6.92 Å². The highest BCUT2D eigenvalue weighted by molar-refractivity contribution is 7.81. The van der Waals surface area contributed by atoms with Gasteiger partial charge in [-0.1, -0.05) is 17.7 Å². The largest absolute Gasteiger partial charge is 0.324 e. The lowest BCUT2D eigenvalue weighted by atomic mass is 10.2. The number of hydrogen-bond donors (Lipinski definition) is 2. The molecule has 0 heterocycles. The molecular weight excluding hydrogens is 206 g/mol. The maximum Gasteiger partial charge on any atom is 0.234 e. The van der Waals surface area contributed by atoms with Crippen molar-refractivity contribution in [3.63, 3.8) is 0 Å². The molecule has 0 radical (unpaired) electrons. The molecule has 1 N–H and O–H groups in total. The second kappa shape index (κ2) is 4.53. The van der Waals surface area contributed by atoms with Gasteiger partial charge in [-0.25, -0.2) is 0 Å². The first-order valence-corrected chi connectivity index (χ1v) is 4.81. The number of rotatable bonds is 2. The number of aryl methyl sites for hydroxylation is 1. The minimum atomic E-state index is -0.158. The molecule has 1 aromatic rings. The molecule has 0 atom stereocenters. The highest BCUT2D eigenvalue weighted by atomic mass is 35.5. The minimum absolute atomic E-state index is 0.157. The number of carbonyl (C=O) groups is 1. The summed E-state index contributed by atoms with van der Waals surface area (Å²) in [7, 11) is 0. The van der Waals surface area contributed by atoms with Crippen molar-refractivity contribution >= 4 is 35.8 Å². The third-order valence-electron chi connectivity index (χ3n) is 1.54. The van der Waals surface area contributed by atoms with E-state index in [9.17, 15) is 4.79 Å². The SMILES string of the molecule is Cc1ccc(NC(=O)CS)c(Cl)c1. The number of benzene rings is 1. The molecular formula is C9H10ClNOS. The second-order valence-electron chi connectivity index (χ2n) is 2.69. The fourth-order valence-electron chi connectivity index (χ4n) is 0.911. The molecule has 0 aromatic heterocycles. The van der Waals surface area contributed by atoms with Gasteiger partial charge in [0.2, 0.25) is 5.91 Å². The van der Waals surface area contributed by atoms with Gasteiger partial charge in [0.25, 0.3) is 0 Å². The molecule has 70 valence electrons. The summed E-state index contributed by atoms with van der Waals surface area (Å²) in [6.07, 6.45) is 0. The number of carbonyl (C=O) groups excluding carboxylic acids is 1. The molecule has 0 spiro atoms. The van der Waals surface area contributed by atoms with E-state index >= 15 is 0 Å². The lowest BCUT2D eigenvalue weighted by molar-refractivity contribution is -0.113. The van der Waals surface area contributed by atoms with Gasteiger partial charge in [0.15, 0.2) is 0 Å². The molecule has 0 aliphatic heterocycles. The van der Waals surface area contributed by atoms with Crippen LogP contribution in [-0.4, -0.2) is 11.7 Å². The zero-order chi connectivity index (χ0) is 9.84. The Morgan fingerprint density at radius 3 is 2.85 bits per heavy atom. The highest BCUT2D eigenvalue weighted by Gasteiger charge is 2.03. The Labute approximate surface area is 87.7 Å². The molecule has 1 rings (SSSR count). The molecule has 0 aliphatic carbocycles. The van der Waals surface area contributed by atoms with Crippen molar-refractivity contribution in [2.24, 2.45) is 0 Å². The van der Waals surface area contributed by atoms with Crippen LogP contribution in [0.1, 0.15) is 5.56 Å². The molecule has 13 heavy (non-hydrogen) atoms.